The Hall–Kier alpha value is -2.99. The fourth-order valence-corrected chi connectivity index (χ4v) is 3.13. The first kappa shape index (κ1) is 16.5. The van der Waals surface area contributed by atoms with Crippen molar-refractivity contribution in [1.82, 2.24) is 19.8 Å². The van der Waals surface area contributed by atoms with Crippen molar-refractivity contribution in [1.29, 1.82) is 0 Å². The molecule has 6 heteroatoms. The highest BCUT2D eigenvalue weighted by molar-refractivity contribution is 5.91. The molecule has 1 unspecified atom stereocenters. The Bertz CT molecular complexity index is 847. The van der Waals surface area contributed by atoms with E-state index in [-0.39, 0.29) is 6.10 Å². The molecule has 0 N–H and O–H groups in total. The molecule has 1 saturated heterocycles. The van der Waals surface area contributed by atoms with E-state index in [0.717, 1.165) is 35.2 Å². The second kappa shape index (κ2) is 7.09. The number of rotatable bonds is 2. The molecule has 0 aromatic carbocycles. The number of aliphatic imine (C=N–C) groups is 1. The van der Waals surface area contributed by atoms with Crippen molar-refractivity contribution >= 4 is 11.7 Å². The van der Waals surface area contributed by atoms with Crippen molar-refractivity contribution in [2.75, 3.05) is 26.7 Å². The lowest BCUT2D eigenvalue weighted by Gasteiger charge is -2.39. The number of hydrogen-bond acceptors (Lipinski definition) is 6. The molecule has 2 aromatic rings. The van der Waals surface area contributed by atoms with E-state index < -0.39 is 0 Å². The fourth-order valence-electron chi connectivity index (χ4n) is 3.13. The molecule has 1 fully saturated rings. The molecule has 26 heavy (non-hydrogen) atoms. The lowest BCUT2D eigenvalue weighted by molar-refractivity contribution is -0.0119. The van der Waals surface area contributed by atoms with E-state index in [1.807, 2.05) is 48.4 Å². The van der Waals surface area contributed by atoms with Crippen LogP contribution in [0.25, 0.3) is 5.70 Å². The van der Waals surface area contributed by atoms with Crippen LogP contribution >= 0.6 is 0 Å². The number of guanidine groups is 1. The second-order valence-corrected chi connectivity index (χ2v) is 6.29. The van der Waals surface area contributed by atoms with E-state index in [2.05, 4.69) is 21.4 Å². The van der Waals surface area contributed by atoms with E-state index in [4.69, 9.17) is 9.73 Å². The minimum absolute atomic E-state index is 0.0652. The third kappa shape index (κ3) is 3.23. The summed E-state index contributed by atoms with van der Waals surface area (Å²) in [5.41, 5.74) is 3.77. The predicted molar refractivity (Wildman–Crippen MR) is 101 cm³/mol. The highest BCUT2D eigenvalue weighted by Gasteiger charge is 2.29. The van der Waals surface area contributed by atoms with E-state index in [1.165, 1.54) is 0 Å². The monoisotopic (exact) mass is 347 g/mol. The van der Waals surface area contributed by atoms with E-state index in [0.29, 0.717) is 13.2 Å². The molecule has 1 atom stereocenters. The summed E-state index contributed by atoms with van der Waals surface area (Å²) >= 11 is 0. The molecule has 6 nitrogen and oxygen atoms in total. The fraction of sp³-hybridized carbons (Fsp3) is 0.250. The van der Waals surface area contributed by atoms with Crippen molar-refractivity contribution < 1.29 is 4.74 Å². The van der Waals surface area contributed by atoms with Gasteiger partial charge in [0.15, 0.2) is 0 Å². The topological polar surface area (TPSA) is 53.9 Å². The molecule has 2 aromatic heterocycles. The molecular formula is C20H21N5O. The van der Waals surface area contributed by atoms with Gasteiger partial charge in [-0.1, -0.05) is 12.6 Å². The summed E-state index contributed by atoms with van der Waals surface area (Å²) < 4.78 is 5.94. The number of allylic oxidation sites excluding steroid dienone is 1. The van der Waals surface area contributed by atoms with E-state index >= 15 is 0 Å². The number of ether oxygens (including phenoxy) is 1. The summed E-state index contributed by atoms with van der Waals surface area (Å²) in [6, 6.07) is 9.82. The van der Waals surface area contributed by atoms with Crippen molar-refractivity contribution in [2.24, 2.45) is 4.99 Å². The Morgan fingerprint density at radius 2 is 2.00 bits per heavy atom. The first-order valence-corrected chi connectivity index (χ1v) is 8.63. The van der Waals surface area contributed by atoms with Gasteiger partial charge in [-0.2, -0.15) is 0 Å². The zero-order chi connectivity index (χ0) is 17.9. The number of likely N-dealkylation sites (N-methyl/N-ethyl adjacent to an activating group) is 1. The lowest BCUT2D eigenvalue weighted by atomic mass is 10.1. The molecule has 0 saturated carbocycles. The Kier molecular flexibility index (Phi) is 4.50. The molecule has 0 spiro atoms. The van der Waals surface area contributed by atoms with Crippen LogP contribution in [0.15, 0.2) is 72.3 Å². The van der Waals surface area contributed by atoms with Crippen molar-refractivity contribution in [3.8, 4) is 0 Å². The van der Waals surface area contributed by atoms with Crippen molar-refractivity contribution in [3.63, 3.8) is 0 Å². The minimum atomic E-state index is -0.0652. The highest BCUT2D eigenvalue weighted by Crippen LogP contribution is 2.27. The molecule has 2 aliphatic rings. The van der Waals surface area contributed by atoms with Crippen LogP contribution in [0.2, 0.25) is 0 Å². The maximum Gasteiger partial charge on any atom is 0.206 e. The highest BCUT2D eigenvalue weighted by atomic mass is 16.5. The number of aromatic nitrogens is 2. The summed E-state index contributed by atoms with van der Waals surface area (Å²) in [4.78, 5) is 17.7. The van der Waals surface area contributed by atoms with E-state index in [1.54, 1.807) is 18.6 Å². The number of morpholine rings is 1. The summed E-state index contributed by atoms with van der Waals surface area (Å²) in [6.07, 6.45) is 7.28. The maximum absolute atomic E-state index is 5.94. The van der Waals surface area contributed by atoms with Gasteiger partial charge in [-0.05, 0) is 30.3 Å². The van der Waals surface area contributed by atoms with Crippen LogP contribution in [0, 0.1) is 0 Å². The van der Waals surface area contributed by atoms with Crippen LogP contribution in [0.3, 0.4) is 0 Å². The Balaban J connectivity index is 1.61. The predicted octanol–water partition coefficient (Wildman–Crippen LogP) is 2.71. The van der Waals surface area contributed by atoms with E-state index in [9.17, 15) is 0 Å². The van der Waals surface area contributed by atoms with Gasteiger partial charge in [0.25, 0.3) is 0 Å². The SMILES string of the molecule is C=C1C=C(c2ccncc2)N=C(N2CCOC(c3ccccn3)C2)N1C. The lowest BCUT2D eigenvalue weighted by Crippen LogP contribution is -2.49. The molecular weight excluding hydrogens is 326 g/mol. The van der Waals surface area contributed by atoms with Gasteiger partial charge in [-0.15, -0.1) is 0 Å². The smallest absolute Gasteiger partial charge is 0.206 e. The first-order chi connectivity index (χ1) is 12.7. The van der Waals surface area contributed by atoms with Gasteiger partial charge in [-0.25, -0.2) is 4.99 Å². The summed E-state index contributed by atoms with van der Waals surface area (Å²) in [7, 11) is 1.99. The number of hydrogen-bond donors (Lipinski definition) is 0. The molecule has 0 aliphatic carbocycles. The standard InChI is InChI=1S/C20H21N5O/c1-15-13-18(16-6-9-21-10-7-16)23-20(24(15)2)25-11-12-26-19(14-25)17-5-3-4-8-22-17/h3-10,13,19H,1,11-12,14H2,2H3. The van der Waals surface area contributed by atoms with Crippen LogP contribution in [-0.4, -0.2) is 52.5 Å². The molecule has 4 heterocycles. The van der Waals surface area contributed by atoms with Crippen LogP contribution in [0.4, 0.5) is 0 Å². The number of pyridine rings is 2. The van der Waals surface area contributed by atoms with Gasteiger partial charge in [0.2, 0.25) is 5.96 Å². The van der Waals surface area contributed by atoms with Gasteiger partial charge in [0.1, 0.15) is 6.10 Å². The largest absolute Gasteiger partial charge is 0.368 e. The molecule has 0 amide bonds. The zero-order valence-corrected chi connectivity index (χ0v) is 14.7. The third-order valence-corrected chi connectivity index (χ3v) is 4.60. The average molecular weight is 347 g/mol. The Morgan fingerprint density at radius 3 is 2.77 bits per heavy atom. The molecule has 0 radical (unpaired) electrons. The average Bonchev–Trinajstić information content (AvgIpc) is 2.71. The van der Waals surface area contributed by atoms with Crippen LogP contribution in [-0.2, 0) is 4.74 Å². The summed E-state index contributed by atoms with van der Waals surface area (Å²) in [5, 5.41) is 0. The van der Waals surface area contributed by atoms with Gasteiger partial charge >= 0.3 is 0 Å². The second-order valence-electron chi connectivity index (χ2n) is 6.29. The summed E-state index contributed by atoms with van der Waals surface area (Å²) in [6.45, 7) is 6.30. The molecule has 0 bridgehead atoms. The quantitative estimate of drug-likeness (QED) is 0.836. The Labute approximate surface area is 153 Å². The molecule has 4 rings (SSSR count). The van der Waals surface area contributed by atoms with Crippen molar-refractivity contribution in [3.05, 3.63) is 78.5 Å². The summed E-state index contributed by atoms with van der Waals surface area (Å²) in [5.74, 6) is 0.883. The van der Waals surface area contributed by atoms with Gasteiger partial charge in [0.05, 0.1) is 24.5 Å². The number of nitrogens with zero attached hydrogens (tertiary/aromatic N) is 5. The molecule has 2 aliphatic heterocycles. The van der Waals surface area contributed by atoms with Crippen molar-refractivity contribution in [2.45, 2.75) is 6.10 Å². The Morgan fingerprint density at radius 1 is 1.15 bits per heavy atom. The zero-order valence-electron chi connectivity index (χ0n) is 14.7. The van der Waals surface area contributed by atoms with Gasteiger partial charge in [0, 0.05) is 43.4 Å². The third-order valence-electron chi connectivity index (χ3n) is 4.60. The van der Waals surface area contributed by atoms with Crippen LogP contribution in [0.5, 0.6) is 0 Å². The van der Waals surface area contributed by atoms with Crippen LogP contribution in [0.1, 0.15) is 17.4 Å². The normalized spacial score (nSPS) is 20.7. The first-order valence-electron chi connectivity index (χ1n) is 8.63. The van der Waals surface area contributed by atoms with Gasteiger partial charge in [-0.3, -0.25) is 9.97 Å². The van der Waals surface area contributed by atoms with Gasteiger partial charge < -0.3 is 14.5 Å². The maximum atomic E-state index is 5.94. The molecule has 132 valence electrons. The van der Waals surface area contributed by atoms with Crippen LogP contribution < -0.4 is 0 Å². The minimum Gasteiger partial charge on any atom is -0.368 e.